The van der Waals surface area contributed by atoms with E-state index in [0.29, 0.717) is 0 Å². The molecule has 3 aromatic carbocycles. The van der Waals surface area contributed by atoms with Crippen LogP contribution in [0, 0.1) is 13.8 Å². The van der Waals surface area contributed by atoms with Crippen LogP contribution in [-0.2, 0) is 0 Å². The lowest BCUT2D eigenvalue weighted by atomic mass is 10.2. The molecule has 0 N–H and O–H groups in total. The van der Waals surface area contributed by atoms with Crippen molar-refractivity contribution >= 4 is 39.6 Å². The molecule has 0 atom stereocenters. The van der Waals surface area contributed by atoms with Crippen LogP contribution in [0.25, 0.3) is 0 Å². The summed E-state index contributed by atoms with van der Waals surface area (Å²) in [5.74, 6) is 0. The van der Waals surface area contributed by atoms with Gasteiger partial charge in [-0.1, -0.05) is 47.7 Å². The minimum atomic E-state index is 0.943. The van der Waals surface area contributed by atoms with Crippen molar-refractivity contribution in [3.63, 3.8) is 0 Å². The van der Waals surface area contributed by atoms with Gasteiger partial charge >= 0.3 is 0 Å². The highest BCUT2D eigenvalue weighted by Gasteiger charge is 1.99. The maximum absolute atomic E-state index is 4.56. The molecular weight excluding hydrogens is 378 g/mol. The fourth-order valence-corrected chi connectivity index (χ4v) is 3.64. The first-order chi connectivity index (χ1) is 11.6. The van der Waals surface area contributed by atoms with Gasteiger partial charge in [0.2, 0.25) is 0 Å². The molecule has 0 fully saturated rings. The van der Waals surface area contributed by atoms with Crippen molar-refractivity contribution < 1.29 is 0 Å². The lowest BCUT2D eigenvalue weighted by molar-refractivity contribution is 1.36. The van der Waals surface area contributed by atoms with Crippen molar-refractivity contribution in [3.8, 4) is 0 Å². The Hall–Kier alpha value is -1.84. The van der Waals surface area contributed by atoms with E-state index in [1.54, 1.807) is 11.8 Å². The third-order valence-corrected chi connectivity index (χ3v) is 5.24. The van der Waals surface area contributed by atoms with E-state index in [4.69, 9.17) is 0 Å². The maximum Gasteiger partial charge on any atom is 0.0772 e. The van der Waals surface area contributed by atoms with E-state index in [1.165, 1.54) is 20.9 Å². The van der Waals surface area contributed by atoms with Gasteiger partial charge in [-0.2, -0.15) is 0 Å². The number of hydrogen-bond acceptors (Lipinski definition) is 2. The summed E-state index contributed by atoms with van der Waals surface area (Å²) in [7, 11) is 0. The fraction of sp³-hybridized carbons (Fsp3) is 0.0952. The molecule has 0 aliphatic heterocycles. The lowest BCUT2D eigenvalue weighted by Crippen LogP contribution is -1.82. The molecular formula is C21H18BrNS. The average molecular weight is 396 g/mol. The Labute approximate surface area is 156 Å². The number of aryl methyl sites for hydroxylation is 2. The zero-order valence-electron chi connectivity index (χ0n) is 13.7. The summed E-state index contributed by atoms with van der Waals surface area (Å²) >= 11 is 5.33. The molecule has 0 aromatic heterocycles. The normalized spacial score (nSPS) is 11.1. The van der Waals surface area contributed by atoms with E-state index in [1.807, 2.05) is 12.3 Å². The monoisotopic (exact) mass is 395 g/mol. The van der Waals surface area contributed by atoms with E-state index in [0.717, 1.165) is 15.7 Å². The molecule has 120 valence electrons. The van der Waals surface area contributed by atoms with Crippen molar-refractivity contribution in [2.45, 2.75) is 23.6 Å². The van der Waals surface area contributed by atoms with Gasteiger partial charge < -0.3 is 0 Å². The quantitative estimate of drug-likeness (QED) is 0.434. The van der Waals surface area contributed by atoms with Crippen molar-refractivity contribution in [2.24, 2.45) is 4.99 Å². The van der Waals surface area contributed by atoms with Crippen molar-refractivity contribution in [3.05, 3.63) is 87.9 Å². The largest absolute Gasteiger partial charge is 0.255 e. The predicted octanol–water partition coefficient (Wildman–Crippen LogP) is 6.97. The molecule has 0 bridgehead atoms. The van der Waals surface area contributed by atoms with Gasteiger partial charge in [-0.25, -0.2) is 0 Å². The van der Waals surface area contributed by atoms with E-state index in [-0.39, 0.29) is 0 Å². The molecule has 0 aliphatic rings. The van der Waals surface area contributed by atoms with Crippen molar-refractivity contribution in [1.29, 1.82) is 0 Å². The molecule has 1 nitrogen and oxygen atoms in total. The molecule has 0 radical (unpaired) electrons. The summed E-state index contributed by atoms with van der Waals surface area (Å²) < 4.78 is 1.02. The van der Waals surface area contributed by atoms with Crippen LogP contribution in [-0.4, -0.2) is 6.21 Å². The zero-order chi connectivity index (χ0) is 16.9. The average Bonchev–Trinajstić information content (AvgIpc) is 2.57. The summed E-state index contributed by atoms with van der Waals surface area (Å²) in [5, 5.41) is 0. The highest BCUT2D eigenvalue weighted by molar-refractivity contribution is 9.10. The summed E-state index contributed by atoms with van der Waals surface area (Å²) in [6, 6.07) is 23.2. The SMILES string of the molecule is Cc1ccc(Sc2ccc(C=Nc3ccc(C)cc3Br)cc2)cc1. The van der Waals surface area contributed by atoms with Gasteiger partial charge in [-0.3, -0.25) is 4.99 Å². The van der Waals surface area contributed by atoms with Gasteiger partial charge in [0.15, 0.2) is 0 Å². The van der Waals surface area contributed by atoms with Crippen molar-refractivity contribution in [1.82, 2.24) is 0 Å². The summed E-state index contributed by atoms with van der Waals surface area (Å²) in [6.07, 6.45) is 1.90. The number of halogens is 1. The third-order valence-electron chi connectivity index (χ3n) is 3.59. The summed E-state index contributed by atoms with van der Waals surface area (Å²) in [4.78, 5) is 7.05. The Morgan fingerprint density at radius 2 is 1.38 bits per heavy atom. The number of nitrogens with zero attached hydrogens (tertiary/aromatic N) is 1. The smallest absolute Gasteiger partial charge is 0.0772 e. The van der Waals surface area contributed by atoms with Crippen LogP contribution >= 0.6 is 27.7 Å². The van der Waals surface area contributed by atoms with Gasteiger partial charge in [-0.15, -0.1) is 0 Å². The third kappa shape index (κ3) is 4.59. The molecule has 0 heterocycles. The molecule has 3 rings (SSSR count). The number of aliphatic imine (C=N–C) groups is 1. The van der Waals surface area contributed by atoms with Crippen LogP contribution in [0.1, 0.15) is 16.7 Å². The van der Waals surface area contributed by atoms with Crippen LogP contribution in [0.15, 0.2) is 86.0 Å². The first-order valence-electron chi connectivity index (χ1n) is 7.75. The van der Waals surface area contributed by atoms with E-state index in [9.17, 15) is 0 Å². The minimum Gasteiger partial charge on any atom is -0.255 e. The zero-order valence-corrected chi connectivity index (χ0v) is 16.1. The first-order valence-corrected chi connectivity index (χ1v) is 9.36. The second-order valence-corrected chi connectivity index (χ2v) is 7.70. The Balaban J connectivity index is 1.70. The van der Waals surface area contributed by atoms with Gasteiger partial charge in [-0.05, 0) is 77.3 Å². The van der Waals surface area contributed by atoms with Crippen molar-refractivity contribution in [2.75, 3.05) is 0 Å². The Morgan fingerprint density at radius 3 is 2.00 bits per heavy atom. The molecule has 0 aliphatic carbocycles. The maximum atomic E-state index is 4.56. The van der Waals surface area contributed by atoms with E-state index >= 15 is 0 Å². The lowest BCUT2D eigenvalue weighted by Gasteiger charge is -2.03. The molecule has 3 aromatic rings. The van der Waals surface area contributed by atoms with Crippen LogP contribution in [0.2, 0.25) is 0 Å². The number of rotatable bonds is 4. The minimum absolute atomic E-state index is 0.943. The molecule has 0 spiro atoms. The molecule has 0 amide bonds. The molecule has 24 heavy (non-hydrogen) atoms. The second-order valence-electron chi connectivity index (χ2n) is 5.70. The predicted molar refractivity (Wildman–Crippen MR) is 108 cm³/mol. The van der Waals surface area contributed by atoms with Gasteiger partial charge in [0, 0.05) is 20.5 Å². The number of benzene rings is 3. The number of hydrogen-bond donors (Lipinski definition) is 0. The molecule has 3 heteroatoms. The van der Waals surface area contributed by atoms with Crippen LogP contribution < -0.4 is 0 Å². The van der Waals surface area contributed by atoms with Crippen LogP contribution in [0.4, 0.5) is 5.69 Å². The highest BCUT2D eigenvalue weighted by atomic mass is 79.9. The van der Waals surface area contributed by atoms with E-state index in [2.05, 4.69) is 95.4 Å². The standard InChI is InChI=1S/C21H18BrNS/c1-15-3-8-18(9-4-15)24-19-10-6-17(7-11-19)14-23-21-12-5-16(2)13-20(21)22/h3-14H,1-2H3. The summed E-state index contributed by atoms with van der Waals surface area (Å²) in [5.41, 5.74) is 4.54. The molecule has 0 saturated carbocycles. The van der Waals surface area contributed by atoms with Crippen LogP contribution in [0.3, 0.4) is 0 Å². The fourth-order valence-electron chi connectivity index (χ4n) is 2.23. The Kier molecular flexibility index (Phi) is 5.54. The Bertz CT molecular complexity index is 852. The van der Waals surface area contributed by atoms with Gasteiger partial charge in [0.25, 0.3) is 0 Å². The first kappa shape index (κ1) is 17.0. The van der Waals surface area contributed by atoms with Gasteiger partial charge in [0.05, 0.1) is 5.69 Å². The topological polar surface area (TPSA) is 12.4 Å². The summed E-state index contributed by atoms with van der Waals surface area (Å²) in [6.45, 7) is 4.18. The van der Waals surface area contributed by atoms with E-state index < -0.39 is 0 Å². The molecule has 0 unspecified atom stereocenters. The highest BCUT2D eigenvalue weighted by Crippen LogP contribution is 2.28. The molecule has 0 saturated heterocycles. The Morgan fingerprint density at radius 1 is 0.792 bits per heavy atom. The van der Waals surface area contributed by atoms with Gasteiger partial charge in [0.1, 0.15) is 0 Å². The second kappa shape index (κ2) is 7.82. The van der Waals surface area contributed by atoms with Crippen LogP contribution in [0.5, 0.6) is 0 Å².